The van der Waals surface area contributed by atoms with Gasteiger partial charge in [-0.1, -0.05) is 48.4 Å². The molecule has 6 atom stereocenters. The van der Waals surface area contributed by atoms with E-state index >= 15 is 0 Å². The van der Waals surface area contributed by atoms with Gasteiger partial charge >= 0.3 is 0 Å². The van der Waals surface area contributed by atoms with Crippen molar-refractivity contribution in [3.8, 4) is 18.1 Å². The van der Waals surface area contributed by atoms with Crippen molar-refractivity contribution >= 4 is 0 Å². The molecule has 2 aliphatic rings. The van der Waals surface area contributed by atoms with Crippen LogP contribution in [0.5, 0.6) is 5.75 Å². The Kier molecular flexibility index (Phi) is 7.76. The normalized spacial score (nSPS) is 29.7. The summed E-state index contributed by atoms with van der Waals surface area (Å²) in [6, 6.07) is 17.5. The van der Waals surface area contributed by atoms with Crippen molar-refractivity contribution in [2.45, 2.75) is 43.6 Å². The molecule has 170 valence electrons. The van der Waals surface area contributed by atoms with E-state index in [4.69, 9.17) is 39.6 Å². The molecule has 0 N–H and O–H groups in total. The number of hydrogen-bond acceptors (Lipinski definition) is 7. The Labute approximate surface area is 188 Å². The highest BCUT2D eigenvalue weighted by atomic mass is 16.8. The quantitative estimate of drug-likeness (QED) is 0.585. The van der Waals surface area contributed by atoms with Crippen LogP contribution in [-0.2, 0) is 35.0 Å². The van der Waals surface area contributed by atoms with Crippen LogP contribution >= 0.6 is 0 Å². The number of hydrogen-bond donors (Lipinski definition) is 0. The molecule has 0 aromatic heterocycles. The van der Waals surface area contributed by atoms with Crippen molar-refractivity contribution in [2.75, 3.05) is 27.4 Å². The molecule has 0 bridgehead atoms. The lowest BCUT2D eigenvalue weighted by Gasteiger charge is -2.48. The van der Waals surface area contributed by atoms with Gasteiger partial charge in [0.25, 0.3) is 0 Å². The molecule has 4 rings (SSSR count). The van der Waals surface area contributed by atoms with E-state index in [1.165, 1.54) is 0 Å². The first kappa shape index (κ1) is 22.7. The third-order valence-electron chi connectivity index (χ3n) is 5.55. The number of rotatable bonds is 8. The number of benzene rings is 2. The highest BCUT2D eigenvalue weighted by Gasteiger charge is 2.51. The van der Waals surface area contributed by atoms with E-state index in [0.717, 1.165) is 16.9 Å². The van der Waals surface area contributed by atoms with Crippen LogP contribution < -0.4 is 4.74 Å². The largest absolute Gasteiger partial charge is 0.497 e. The van der Waals surface area contributed by atoms with Crippen LogP contribution in [0.3, 0.4) is 0 Å². The first-order chi connectivity index (χ1) is 15.7. The van der Waals surface area contributed by atoms with Crippen molar-refractivity contribution in [3.63, 3.8) is 0 Å². The van der Waals surface area contributed by atoms with Crippen LogP contribution in [0.4, 0.5) is 0 Å². The Morgan fingerprint density at radius 3 is 2.44 bits per heavy atom. The topological polar surface area (TPSA) is 64.6 Å². The van der Waals surface area contributed by atoms with E-state index in [0.29, 0.717) is 13.2 Å². The molecule has 2 aliphatic heterocycles. The maximum absolute atomic E-state index is 6.36. The maximum Gasteiger partial charge on any atom is 0.186 e. The van der Waals surface area contributed by atoms with Gasteiger partial charge in [-0.2, -0.15) is 0 Å². The third-order valence-corrected chi connectivity index (χ3v) is 5.55. The Bertz CT molecular complexity index is 879. The summed E-state index contributed by atoms with van der Waals surface area (Å²) >= 11 is 0. The number of fused-ring (bicyclic) bond motifs is 1. The molecule has 32 heavy (non-hydrogen) atoms. The summed E-state index contributed by atoms with van der Waals surface area (Å²) in [7, 11) is 3.20. The maximum atomic E-state index is 6.36. The second kappa shape index (κ2) is 10.9. The average Bonchev–Trinajstić information content (AvgIpc) is 2.86. The fraction of sp³-hybridized carbons (Fsp3) is 0.440. The Hall–Kier alpha value is -2.44. The van der Waals surface area contributed by atoms with Crippen LogP contribution in [0.15, 0.2) is 54.6 Å². The minimum Gasteiger partial charge on any atom is -0.497 e. The summed E-state index contributed by atoms with van der Waals surface area (Å²) < 4.78 is 41.4. The molecule has 1 unspecified atom stereocenters. The average molecular weight is 440 g/mol. The summed E-state index contributed by atoms with van der Waals surface area (Å²) in [6.45, 7) is 0.797. The second-order valence-electron chi connectivity index (χ2n) is 7.56. The van der Waals surface area contributed by atoms with E-state index in [9.17, 15) is 0 Å². The summed E-state index contributed by atoms with van der Waals surface area (Å²) in [4.78, 5) is 0. The predicted octanol–water partition coefficient (Wildman–Crippen LogP) is 3.08. The minimum absolute atomic E-state index is 0.103. The molecular formula is C25H28O7. The minimum atomic E-state index is -0.661. The second-order valence-corrected chi connectivity index (χ2v) is 7.56. The molecular weight excluding hydrogens is 412 g/mol. The summed E-state index contributed by atoms with van der Waals surface area (Å²) in [5.41, 5.74) is 1.92. The highest BCUT2D eigenvalue weighted by molar-refractivity contribution is 5.26. The van der Waals surface area contributed by atoms with Crippen LogP contribution in [0.1, 0.15) is 17.4 Å². The fourth-order valence-electron chi connectivity index (χ4n) is 3.94. The fourth-order valence-corrected chi connectivity index (χ4v) is 3.94. The molecule has 2 heterocycles. The Balaban J connectivity index is 1.55. The molecule has 2 aromatic carbocycles. The van der Waals surface area contributed by atoms with Crippen LogP contribution in [0, 0.1) is 12.3 Å². The van der Waals surface area contributed by atoms with Crippen molar-refractivity contribution < 1.29 is 33.2 Å². The first-order valence-corrected chi connectivity index (χ1v) is 10.5. The lowest BCUT2D eigenvalue weighted by molar-refractivity contribution is -0.367. The van der Waals surface area contributed by atoms with E-state index < -0.39 is 30.9 Å². The van der Waals surface area contributed by atoms with Gasteiger partial charge in [-0.15, -0.1) is 6.42 Å². The number of methoxy groups -OCH3 is 2. The zero-order valence-electron chi connectivity index (χ0n) is 18.2. The molecule has 0 spiro atoms. The number of terminal acetylenes is 1. The van der Waals surface area contributed by atoms with Gasteiger partial charge in [0.1, 0.15) is 36.8 Å². The standard InChI is InChI=1S/C25H28O7/c1-4-14-28-23-22(29-15-17-10-12-19(26-2)13-11-17)21-20(31-25(23)27-3)16-30-24(32-21)18-8-6-5-7-9-18/h1,5-13,20-25H,14-16H2,2-3H3/t20-,21-,22+,23+,24?,25-/m1/s1. The van der Waals surface area contributed by atoms with Crippen molar-refractivity contribution in [1.29, 1.82) is 0 Å². The monoisotopic (exact) mass is 440 g/mol. The summed E-state index contributed by atoms with van der Waals surface area (Å²) in [5.74, 6) is 3.29. The van der Waals surface area contributed by atoms with E-state index in [1.807, 2.05) is 54.6 Å². The van der Waals surface area contributed by atoms with Crippen LogP contribution in [-0.4, -0.2) is 58.1 Å². The summed E-state index contributed by atoms with van der Waals surface area (Å²) in [6.07, 6.45) is 2.41. The van der Waals surface area contributed by atoms with Crippen molar-refractivity contribution in [3.05, 3.63) is 65.7 Å². The van der Waals surface area contributed by atoms with E-state index in [1.54, 1.807) is 14.2 Å². The molecule has 0 amide bonds. The van der Waals surface area contributed by atoms with Crippen molar-refractivity contribution in [1.82, 2.24) is 0 Å². The van der Waals surface area contributed by atoms with Gasteiger partial charge in [0.2, 0.25) is 0 Å². The molecule has 0 radical (unpaired) electrons. The molecule has 0 aliphatic carbocycles. The zero-order chi connectivity index (χ0) is 22.3. The van der Waals surface area contributed by atoms with E-state index in [2.05, 4.69) is 5.92 Å². The van der Waals surface area contributed by atoms with Crippen LogP contribution in [0.2, 0.25) is 0 Å². The predicted molar refractivity (Wildman–Crippen MR) is 116 cm³/mol. The molecule has 2 saturated heterocycles. The zero-order valence-corrected chi connectivity index (χ0v) is 18.2. The van der Waals surface area contributed by atoms with Gasteiger partial charge < -0.3 is 33.2 Å². The van der Waals surface area contributed by atoms with Gasteiger partial charge in [-0.3, -0.25) is 0 Å². The number of ether oxygens (including phenoxy) is 7. The van der Waals surface area contributed by atoms with Crippen molar-refractivity contribution in [2.24, 2.45) is 0 Å². The van der Waals surface area contributed by atoms with Gasteiger partial charge in [0.15, 0.2) is 12.6 Å². The Morgan fingerprint density at radius 2 is 1.75 bits per heavy atom. The van der Waals surface area contributed by atoms with Gasteiger partial charge in [0.05, 0.1) is 20.3 Å². The smallest absolute Gasteiger partial charge is 0.186 e. The molecule has 2 fully saturated rings. The molecule has 0 saturated carbocycles. The molecule has 2 aromatic rings. The van der Waals surface area contributed by atoms with Crippen LogP contribution in [0.25, 0.3) is 0 Å². The lowest BCUT2D eigenvalue weighted by atomic mass is 9.97. The molecule has 7 nitrogen and oxygen atoms in total. The summed E-state index contributed by atoms with van der Waals surface area (Å²) in [5, 5.41) is 0. The van der Waals surface area contributed by atoms with Gasteiger partial charge in [-0.05, 0) is 17.7 Å². The van der Waals surface area contributed by atoms with Gasteiger partial charge in [-0.25, -0.2) is 0 Å². The van der Waals surface area contributed by atoms with E-state index in [-0.39, 0.29) is 12.7 Å². The SMILES string of the molecule is C#CCO[C@@H]1[C@H](OC)O[C@@H]2COC(c3ccccc3)O[C@H]2[C@@H]1OCc1ccc(OC)cc1. The van der Waals surface area contributed by atoms with Gasteiger partial charge in [0, 0.05) is 12.7 Å². The highest BCUT2D eigenvalue weighted by Crippen LogP contribution is 2.36. The lowest BCUT2D eigenvalue weighted by Crippen LogP contribution is -2.63. The molecule has 7 heteroatoms. The Morgan fingerprint density at radius 1 is 0.969 bits per heavy atom. The first-order valence-electron chi connectivity index (χ1n) is 10.5. The third kappa shape index (κ3) is 5.13.